The minimum Gasteiger partial charge on any atom is -0.448 e. The molecule has 0 fully saturated rings. The number of carbonyl (C=O) groups excluding carboxylic acids is 2. The number of fused-ring (bicyclic) bond motifs is 1. The van der Waals surface area contributed by atoms with E-state index in [-0.39, 0.29) is 11.8 Å². The largest absolute Gasteiger partial charge is 0.448 e. The molecule has 1 unspecified atom stereocenters. The average Bonchev–Trinajstić information content (AvgIpc) is 3.07. The van der Waals surface area contributed by atoms with Gasteiger partial charge in [0, 0.05) is 17.6 Å². The molecule has 1 aromatic carbocycles. The minimum atomic E-state index is -0.864. The quantitative estimate of drug-likeness (QED) is 0.833. The Kier molecular flexibility index (Phi) is 5.35. The first-order chi connectivity index (χ1) is 12.4. The highest BCUT2D eigenvalue weighted by Gasteiger charge is 2.27. The van der Waals surface area contributed by atoms with Gasteiger partial charge in [-0.15, -0.1) is 0 Å². The van der Waals surface area contributed by atoms with Crippen LogP contribution in [0.25, 0.3) is 0 Å². The third-order valence-electron chi connectivity index (χ3n) is 4.61. The number of anilines is 1. The first-order valence-electron chi connectivity index (χ1n) is 9.00. The van der Waals surface area contributed by atoms with Crippen LogP contribution in [0, 0.1) is 12.8 Å². The molecule has 0 bridgehead atoms. The molecule has 0 saturated carbocycles. The highest BCUT2D eigenvalue weighted by atomic mass is 16.5. The molecule has 1 aliphatic carbocycles. The zero-order valence-electron chi connectivity index (χ0n) is 15.4. The molecule has 1 aromatic heterocycles. The number of amides is 1. The number of esters is 1. The number of aromatic nitrogens is 1. The standard InChI is InChI=1S/C21H24N2O3/c1-13(2)19(26-21(25)17-8-7-14(3)22-12-17)20(24)23-18-10-9-15-5-4-6-16(15)11-18/h7-13,19H,4-6H2,1-3H3,(H,23,24). The molecule has 0 radical (unpaired) electrons. The summed E-state index contributed by atoms with van der Waals surface area (Å²) in [7, 11) is 0. The lowest BCUT2D eigenvalue weighted by Gasteiger charge is -2.21. The summed E-state index contributed by atoms with van der Waals surface area (Å²) in [4.78, 5) is 29.1. The van der Waals surface area contributed by atoms with Crippen molar-refractivity contribution >= 4 is 17.6 Å². The van der Waals surface area contributed by atoms with Crippen LogP contribution in [0.5, 0.6) is 0 Å². The molecular formula is C21H24N2O3. The number of nitrogens with zero attached hydrogens (tertiary/aromatic N) is 1. The fourth-order valence-electron chi connectivity index (χ4n) is 3.13. The van der Waals surface area contributed by atoms with Gasteiger partial charge in [0.2, 0.25) is 0 Å². The van der Waals surface area contributed by atoms with Crippen LogP contribution < -0.4 is 5.32 Å². The molecule has 1 amide bonds. The number of pyridine rings is 1. The van der Waals surface area contributed by atoms with Gasteiger partial charge >= 0.3 is 5.97 Å². The van der Waals surface area contributed by atoms with E-state index in [0.29, 0.717) is 5.56 Å². The maximum atomic E-state index is 12.7. The summed E-state index contributed by atoms with van der Waals surface area (Å²) < 4.78 is 5.47. The summed E-state index contributed by atoms with van der Waals surface area (Å²) in [6, 6.07) is 9.38. The predicted molar refractivity (Wildman–Crippen MR) is 100 cm³/mol. The summed E-state index contributed by atoms with van der Waals surface area (Å²) >= 11 is 0. The number of carbonyl (C=O) groups is 2. The highest BCUT2D eigenvalue weighted by molar-refractivity contribution is 5.97. The molecule has 1 heterocycles. The Morgan fingerprint density at radius 1 is 1.12 bits per heavy atom. The summed E-state index contributed by atoms with van der Waals surface area (Å²) in [5.41, 5.74) is 4.53. The lowest BCUT2D eigenvalue weighted by Crippen LogP contribution is -2.36. The van der Waals surface area contributed by atoms with Gasteiger partial charge in [-0.05, 0) is 67.5 Å². The molecule has 1 aliphatic rings. The number of benzene rings is 1. The smallest absolute Gasteiger partial charge is 0.340 e. The molecule has 5 nitrogen and oxygen atoms in total. The van der Waals surface area contributed by atoms with Crippen LogP contribution in [0.15, 0.2) is 36.5 Å². The third kappa shape index (κ3) is 4.10. The minimum absolute atomic E-state index is 0.146. The second-order valence-corrected chi connectivity index (χ2v) is 7.08. The van der Waals surface area contributed by atoms with E-state index in [1.54, 1.807) is 12.1 Å². The Hall–Kier alpha value is -2.69. The van der Waals surface area contributed by atoms with Crippen molar-refractivity contribution in [1.82, 2.24) is 4.98 Å². The summed E-state index contributed by atoms with van der Waals surface area (Å²) in [6.45, 7) is 5.55. The van der Waals surface area contributed by atoms with E-state index >= 15 is 0 Å². The number of nitrogens with one attached hydrogen (secondary N) is 1. The van der Waals surface area contributed by atoms with Crippen molar-refractivity contribution in [2.24, 2.45) is 5.92 Å². The average molecular weight is 352 g/mol. The highest BCUT2D eigenvalue weighted by Crippen LogP contribution is 2.25. The van der Waals surface area contributed by atoms with E-state index in [1.165, 1.54) is 17.3 Å². The Morgan fingerprint density at radius 3 is 2.58 bits per heavy atom. The van der Waals surface area contributed by atoms with Crippen molar-refractivity contribution in [3.8, 4) is 0 Å². The topological polar surface area (TPSA) is 68.3 Å². The van der Waals surface area contributed by atoms with Gasteiger partial charge in [-0.1, -0.05) is 19.9 Å². The second kappa shape index (κ2) is 7.68. The molecule has 1 N–H and O–H groups in total. The zero-order valence-corrected chi connectivity index (χ0v) is 15.4. The fourth-order valence-corrected chi connectivity index (χ4v) is 3.13. The monoisotopic (exact) mass is 352 g/mol. The van der Waals surface area contributed by atoms with E-state index in [2.05, 4.69) is 16.4 Å². The number of aryl methyl sites for hydroxylation is 3. The van der Waals surface area contributed by atoms with Crippen molar-refractivity contribution in [2.45, 2.75) is 46.1 Å². The lowest BCUT2D eigenvalue weighted by atomic mass is 10.1. The van der Waals surface area contributed by atoms with Gasteiger partial charge in [0.1, 0.15) is 0 Å². The van der Waals surface area contributed by atoms with Gasteiger partial charge in [0.25, 0.3) is 5.91 Å². The maximum Gasteiger partial charge on any atom is 0.340 e. The molecule has 3 rings (SSSR count). The fraction of sp³-hybridized carbons (Fsp3) is 0.381. The van der Waals surface area contributed by atoms with Crippen molar-refractivity contribution in [3.05, 3.63) is 58.9 Å². The Balaban J connectivity index is 1.69. The first kappa shape index (κ1) is 18.1. The molecule has 26 heavy (non-hydrogen) atoms. The summed E-state index contributed by atoms with van der Waals surface area (Å²) in [5.74, 6) is -1.00. The van der Waals surface area contributed by atoms with Gasteiger partial charge in [-0.3, -0.25) is 9.78 Å². The Bertz CT molecular complexity index is 813. The molecule has 0 spiro atoms. The van der Waals surface area contributed by atoms with Gasteiger partial charge in [-0.2, -0.15) is 0 Å². The van der Waals surface area contributed by atoms with E-state index < -0.39 is 12.1 Å². The van der Waals surface area contributed by atoms with Crippen molar-refractivity contribution in [3.63, 3.8) is 0 Å². The molecule has 5 heteroatoms. The molecule has 136 valence electrons. The van der Waals surface area contributed by atoms with Gasteiger partial charge < -0.3 is 10.1 Å². The van der Waals surface area contributed by atoms with Crippen LogP contribution in [-0.4, -0.2) is 23.0 Å². The number of hydrogen-bond donors (Lipinski definition) is 1. The van der Waals surface area contributed by atoms with Gasteiger partial charge in [0.15, 0.2) is 6.10 Å². The SMILES string of the molecule is Cc1ccc(C(=O)OC(C(=O)Nc2ccc3c(c2)CCC3)C(C)C)cn1. The van der Waals surface area contributed by atoms with Crippen LogP contribution in [0.3, 0.4) is 0 Å². The van der Waals surface area contributed by atoms with Gasteiger partial charge in [0.05, 0.1) is 5.56 Å². The number of hydrogen-bond acceptors (Lipinski definition) is 4. The predicted octanol–water partition coefficient (Wildman–Crippen LogP) is 3.70. The molecule has 0 saturated heterocycles. The molecule has 2 aromatic rings. The summed E-state index contributed by atoms with van der Waals surface area (Å²) in [5, 5.41) is 2.89. The van der Waals surface area contributed by atoms with Crippen LogP contribution in [0.4, 0.5) is 5.69 Å². The van der Waals surface area contributed by atoms with Crippen LogP contribution in [-0.2, 0) is 22.4 Å². The van der Waals surface area contributed by atoms with Crippen molar-refractivity contribution in [1.29, 1.82) is 0 Å². The molecule has 1 atom stereocenters. The number of rotatable bonds is 5. The maximum absolute atomic E-state index is 12.7. The van der Waals surface area contributed by atoms with E-state index in [4.69, 9.17) is 4.74 Å². The van der Waals surface area contributed by atoms with Crippen LogP contribution >= 0.6 is 0 Å². The first-order valence-corrected chi connectivity index (χ1v) is 9.00. The molecular weight excluding hydrogens is 328 g/mol. The Labute approximate surface area is 153 Å². The van der Waals surface area contributed by atoms with Crippen molar-refractivity contribution in [2.75, 3.05) is 5.32 Å². The van der Waals surface area contributed by atoms with Crippen LogP contribution in [0.1, 0.15) is 47.4 Å². The lowest BCUT2D eigenvalue weighted by molar-refractivity contribution is -0.126. The van der Waals surface area contributed by atoms with E-state index in [9.17, 15) is 9.59 Å². The van der Waals surface area contributed by atoms with Gasteiger partial charge in [-0.25, -0.2) is 4.79 Å². The second-order valence-electron chi connectivity index (χ2n) is 7.08. The van der Waals surface area contributed by atoms with E-state index in [1.807, 2.05) is 32.9 Å². The third-order valence-corrected chi connectivity index (χ3v) is 4.61. The summed E-state index contributed by atoms with van der Waals surface area (Å²) in [6.07, 6.45) is 3.90. The normalized spacial score (nSPS) is 14.0. The molecule has 0 aliphatic heterocycles. The van der Waals surface area contributed by atoms with E-state index in [0.717, 1.165) is 30.6 Å². The number of ether oxygens (including phenoxy) is 1. The van der Waals surface area contributed by atoms with Crippen LogP contribution in [0.2, 0.25) is 0 Å². The zero-order chi connectivity index (χ0) is 18.7. The van der Waals surface area contributed by atoms with Crippen molar-refractivity contribution < 1.29 is 14.3 Å². The Morgan fingerprint density at radius 2 is 1.88 bits per heavy atom.